The molecule has 1 aliphatic rings. The van der Waals surface area contributed by atoms with Gasteiger partial charge in [-0.2, -0.15) is 0 Å². The van der Waals surface area contributed by atoms with Gasteiger partial charge in [0.1, 0.15) is 16.4 Å². The summed E-state index contributed by atoms with van der Waals surface area (Å²) >= 11 is 5.85. The van der Waals surface area contributed by atoms with E-state index in [0.29, 0.717) is 22.1 Å². The van der Waals surface area contributed by atoms with E-state index in [1.54, 1.807) is 24.3 Å². The zero-order valence-corrected chi connectivity index (χ0v) is 13.6. The fraction of sp³-hybridized carbons (Fsp3) is 0.125. The number of hydrogen-bond acceptors (Lipinski definition) is 5. The Bertz CT molecular complexity index is 889. The van der Waals surface area contributed by atoms with Crippen LogP contribution in [-0.2, 0) is 9.84 Å². The highest BCUT2D eigenvalue weighted by Crippen LogP contribution is 2.35. The number of methoxy groups -OCH3 is 1. The SMILES string of the molecule is COc1ccc2c(c1)C=C(S(=O)(=O)c1cccc(Cl)c1)C(O)O2. The molecule has 1 heterocycles. The van der Waals surface area contributed by atoms with Crippen molar-refractivity contribution >= 4 is 27.5 Å². The van der Waals surface area contributed by atoms with Gasteiger partial charge in [-0.1, -0.05) is 17.7 Å². The van der Waals surface area contributed by atoms with Crippen molar-refractivity contribution in [1.82, 2.24) is 0 Å². The van der Waals surface area contributed by atoms with E-state index in [-0.39, 0.29) is 9.80 Å². The van der Waals surface area contributed by atoms with Gasteiger partial charge in [-0.25, -0.2) is 8.42 Å². The Labute approximate surface area is 138 Å². The van der Waals surface area contributed by atoms with Crippen LogP contribution in [0.2, 0.25) is 5.02 Å². The average molecular weight is 353 g/mol. The van der Waals surface area contributed by atoms with Crippen LogP contribution >= 0.6 is 11.6 Å². The van der Waals surface area contributed by atoms with Crippen LogP contribution in [0.25, 0.3) is 6.08 Å². The van der Waals surface area contributed by atoms with E-state index < -0.39 is 16.1 Å². The maximum atomic E-state index is 12.7. The van der Waals surface area contributed by atoms with Crippen molar-refractivity contribution in [1.29, 1.82) is 0 Å². The van der Waals surface area contributed by atoms with Crippen molar-refractivity contribution in [3.05, 3.63) is 58.0 Å². The Morgan fingerprint density at radius 1 is 1.22 bits per heavy atom. The maximum absolute atomic E-state index is 12.7. The lowest BCUT2D eigenvalue weighted by molar-refractivity contribution is 0.0189. The van der Waals surface area contributed by atoms with Gasteiger partial charge in [-0.3, -0.25) is 0 Å². The molecule has 120 valence electrons. The van der Waals surface area contributed by atoms with Gasteiger partial charge in [0.25, 0.3) is 0 Å². The monoisotopic (exact) mass is 352 g/mol. The van der Waals surface area contributed by atoms with E-state index in [1.165, 1.54) is 31.4 Å². The Balaban J connectivity index is 2.12. The molecule has 0 saturated heterocycles. The quantitative estimate of drug-likeness (QED) is 0.919. The second-order valence-corrected chi connectivity index (χ2v) is 7.27. The summed E-state index contributed by atoms with van der Waals surface area (Å²) in [6.45, 7) is 0. The molecule has 2 aromatic carbocycles. The molecule has 0 amide bonds. The Morgan fingerprint density at radius 3 is 2.70 bits per heavy atom. The third-order valence-electron chi connectivity index (χ3n) is 3.41. The van der Waals surface area contributed by atoms with Gasteiger partial charge in [-0.05, 0) is 42.5 Å². The lowest BCUT2D eigenvalue weighted by Gasteiger charge is -2.23. The molecule has 1 aliphatic heterocycles. The van der Waals surface area contributed by atoms with Crippen LogP contribution < -0.4 is 9.47 Å². The van der Waals surface area contributed by atoms with E-state index in [4.69, 9.17) is 21.1 Å². The molecule has 0 saturated carbocycles. The van der Waals surface area contributed by atoms with Crippen LogP contribution in [-0.4, -0.2) is 26.9 Å². The molecule has 0 spiro atoms. The highest BCUT2D eigenvalue weighted by Gasteiger charge is 2.32. The Kier molecular flexibility index (Phi) is 4.06. The Morgan fingerprint density at radius 2 is 2.00 bits per heavy atom. The van der Waals surface area contributed by atoms with Crippen molar-refractivity contribution in [3.63, 3.8) is 0 Å². The predicted molar refractivity (Wildman–Crippen MR) is 86.2 cm³/mol. The molecule has 1 unspecified atom stereocenters. The van der Waals surface area contributed by atoms with Crippen LogP contribution in [0, 0.1) is 0 Å². The van der Waals surface area contributed by atoms with E-state index in [9.17, 15) is 13.5 Å². The molecule has 2 aromatic rings. The van der Waals surface area contributed by atoms with Crippen LogP contribution in [0.4, 0.5) is 0 Å². The molecule has 0 aliphatic carbocycles. The molecule has 7 heteroatoms. The molecule has 3 rings (SSSR count). The standard InChI is InChI=1S/C16H13ClO5S/c1-21-12-5-6-14-10(7-12)8-15(16(18)22-14)23(19,20)13-4-2-3-11(17)9-13/h2-9,16,18H,1H3. The molecule has 1 atom stereocenters. The summed E-state index contributed by atoms with van der Waals surface area (Å²) < 4.78 is 35.8. The number of fused-ring (bicyclic) bond motifs is 1. The van der Waals surface area contributed by atoms with Crippen molar-refractivity contribution in [3.8, 4) is 11.5 Å². The summed E-state index contributed by atoms with van der Waals surface area (Å²) in [5.41, 5.74) is 0.509. The van der Waals surface area contributed by atoms with Crippen LogP contribution in [0.15, 0.2) is 52.3 Å². The highest BCUT2D eigenvalue weighted by molar-refractivity contribution is 7.95. The minimum atomic E-state index is -3.94. The normalized spacial score (nSPS) is 17.0. The number of benzene rings is 2. The maximum Gasteiger partial charge on any atom is 0.235 e. The van der Waals surface area contributed by atoms with Gasteiger partial charge in [0.15, 0.2) is 0 Å². The van der Waals surface area contributed by atoms with Crippen molar-refractivity contribution in [2.45, 2.75) is 11.2 Å². The zero-order valence-electron chi connectivity index (χ0n) is 12.1. The van der Waals surface area contributed by atoms with Gasteiger partial charge < -0.3 is 14.6 Å². The number of ether oxygens (including phenoxy) is 2. The van der Waals surface area contributed by atoms with Gasteiger partial charge in [0, 0.05) is 10.6 Å². The first-order valence-electron chi connectivity index (χ1n) is 6.67. The molecule has 23 heavy (non-hydrogen) atoms. The molecule has 0 radical (unpaired) electrons. The largest absolute Gasteiger partial charge is 0.497 e. The average Bonchev–Trinajstić information content (AvgIpc) is 2.53. The molecule has 0 bridgehead atoms. The van der Waals surface area contributed by atoms with Gasteiger partial charge in [0.2, 0.25) is 16.1 Å². The minimum absolute atomic E-state index is 0.00903. The fourth-order valence-electron chi connectivity index (χ4n) is 2.26. The van der Waals surface area contributed by atoms with Gasteiger partial charge in [0.05, 0.1) is 12.0 Å². The number of halogens is 1. The lowest BCUT2D eigenvalue weighted by atomic mass is 10.1. The molecule has 5 nitrogen and oxygen atoms in total. The number of hydrogen-bond donors (Lipinski definition) is 1. The topological polar surface area (TPSA) is 72.8 Å². The smallest absolute Gasteiger partial charge is 0.235 e. The van der Waals surface area contributed by atoms with E-state index in [0.717, 1.165) is 0 Å². The zero-order chi connectivity index (χ0) is 16.6. The van der Waals surface area contributed by atoms with Crippen molar-refractivity contribution in [2.24, 2.45) is 0 Å². The van der Waals surface area contributed by atoms with E-state index in [1.807, 2.05) is 0 Å². The molecular weight excluding hydrogens is 340 g/mol. The summed E-state index contributed by atoms with van der Waals surface area (Å²) in [5.74, 6) is 0.933. The fourth-order valence-corrected chi connectivity index (χ4v) is 3.92. The molecular formula is C16H13ClO5S. The van der Waals surface area contributed by atoms with Crippen LogP contribution in [0.3, 0.4) is 0 Å². The lowest BCUT2D eigenvalue weighted by Crippen LogP contribution is -2.27. The summed E-state index contributed by atoms with van der Waals surface area (Å²) in [4.78, 5) is -0.259. The second kappa shape index (κ2) is 5.88. The minimum Gasteiger partial charge on any atom is -0.497 e. The summed E-state index contributed by atoms with van der Waals surface area (Å²) in [6, 6.07) is 10.7. The highest BCUT2D eigenvalue weighted by atomic mass is 35.5. The first-order valence-corrected chi connectivity index (χ1v) is 8.53. The molecule has 0 fully saturated rings. The summed E-state index contributed by atoms with van der Waals surface area (Å²) in [7, 11) is -2.43. The van der Waals surface area contributed by atoms with Crippen LogP contribution in [0.5, 0.6) is 11.5 Å². The number of aliphatic hydroxyl groups excluding tert-OH is 1. The van der Waals surface area contributed by atoms with Crippen molar-refractivity contribution < 1.29 is 23.0 Å². The van der Waals surface area contributed by atoms with Gasteiger partial charge in [-0.15, -0.1) is 0 Å². The van der Waals surface area contributed by atoms with Crippen molar-refractivity contribution in [2.75, 3.05) is 7.11 Å². The number of rotatable bonds is 3. The Hall–Kier alpha value is -2.02. The van der Waals surface area contributed by atoms with E-state index >= 15 is 0 Å². The van der Waals surface area contributed by atoms with Gasteiger partial charge >= 0.3 is 0 Å². The summed E-state index contributed by atoms with van der Waals surface area (Å²) in [5, 5.41) is 10.4. The van der Waals surface area contributed by atoms with Crippen LogP contribution in [0.1, 0.15) is 5.56 Å². The third kappa shape index (κ3) is 2.93. The third-order valence-corrected chi connectivity index (χ3v) is 5.46. The first kappa shape index (κ1) is 15.9. The number of sulfone groups is 1. The van der Waals surface area contributed by atoms with E-state index in [2.05, 4.69) is 0 Å². The summed E-state index contributed by atoms with van der Waals surface area (Å²) in [6.07, 6.45) is -0.206. The molecule has 0 aromatic heterocycles. The molecule has 1 N–H and O–H groups in total. The first-order chi connectivity index (χ1) is 10.9. The number of aliphatic hydroxyl groups is 1. The second-order valence-electron chi connectivity index (χ2n) is 4.88. The predicted octanol–water partition coefficient (Wildman–Crippen LogP) is 2.87.